The van der Waals surface area contributed by atoms with Gasteiger partial charge >= 0.3 is 0 Å². The third kappa shape index (κ3) is 5.28. The summed E-state index contributed by atoms with van der Waals surface area (Å²) in [5, 5.41) is 7.17. The maximum atomic E-state index is 12.7. The van der Waals surface area contributed by atoms with E-state index in [1.165, 1.54) is 38.0 Å². The zero-order valence-corrected chi connectivity index (χ0v) is 21.8. The highest BCUT2D eigenvalue weighted by molar-refractivity contribution is 5.98. The Morgan fingerprint density at radius 1 is 0.973 bits per heavy atom. The number of aryl methyl sites for hydroxylation is 1. The summed E-state index contributed by atoms with van der Waals surface area (Å²) >= 11 is 0. The maximum absolute atomic E-state index is 12.7. The number of likely N-dealkylation sites (tertiary alicyclic amines) is 1. The molecule has 6 rings (SSSR count). The minimum Gasteiger partial charge on any atom is -0.370 e. The first-order valence-corrected chi connectivity index (χ1v) is 14.0. The van der Waals surface area contributed by atoms with Crippen LogP contribution in [0, 0.1) is 5.92 Å². The van der Waals surface area contributed by atoms with Crippen LogP contribution < -0.4 is 15.5 Å². The summed E-state index contributed by atoms with van der Waals surface area (Å²) in [4.78, 5) is 31.8. The first-order valence-electron chi connectivity index (χ1n) is 14.0. The van der Waals surface area contributed by atoms with Gasteiger partial charge in [0.05, 0.1) is 11.9 Å². The molecule has 1 atom stereocenters. The summed E-state index contributed by atoms with van der Waals surface area (Å²) in [7, 11) is 0. The van der Waals surface area contributed by atoms with E-state index in [0.717, 1.165) is 80.7 Å². The lowest BCUT2D eigenvalue weighted by atomic mass is 10.0. The SMILES string of the molecule is CC1CCN(C2CCN(c3ccc(Nc4ncc5cc6n(c5n4)CCCCCCNC6=O)nc3)CC2)C1. The van der Waals surface area contributed by atoms with E-state index in [2.05, 4.69) is 43.4 Å². The number of carbonyl (C=O) groups is 1. The fourth-order valence-electron chi connectivity index (χ4n) is 6.11. The van der Waals surface area contributed by atoms with Gasteiger partial charge in [0.25, 0.3) is 5.91 Å². The zero-order valence-electron chi connectivity index (χ0n) is 21.8. The topological polar surface area (TPSA) is 91.2 Å². The molecule has 0 aromatic carbocycles. The van der Waals surface area contributed by atoms with Crippen LogP contribution in [-0.4, -0.2) is 69.1 Å². The van der Waals surface area contributed by atoms with Gasteiger partial charge in [-0.25, -0.2) is 9.97 Å². The van der Waals surface area contributed by atoms with Crippen LogP contribution in [-0.2, 0) is 6.54 Å². The molecule has 1 unspecified atom stereocenters. The molecule has 0 saturated carbocycles. The third-order valence-corrected chi connectivity index (χ3v) is 8.25. The van der Waals surface area contributed by atoms with Crippen molar-refractivity contribution in [1.82, 2.24) is 29.7 Å². The Bertz CT molecular complexity index is 1230. The largest absolute Gasteiger partial charge is 0.370 e. The van der Waals surface area contributed by atoms with Crippen molar-refractivity contribution in [2.45, 2.75) is 64.5 Å². The first-order chi connectivity index (χ1) is 18.1. The van der Waals surface area contributed by atoms with Crippen LogP contribution in [0.3, 0.4) is 0 Å². The van der Waals surface area contributed by atoms with Crippen LogP contribution in [0.5, 0.6) is 0 Å². The molecule has 0 bridgehead atoms. The van der Waals surface area contributed by atoms with E-state index >= 15 is 0 Å². The standard InChI is InChI=1S/C28H38N8O/c1-20-8-13-35(19-20)22-9-14-34(15-10-22)23-6-7-25(30-18-23)32-28-31-17-21-16-24-27(37)29-11-4-2-3-5-12-36(24)26(21)33-28/h6-7,16-18,20,22H,2-5,8-15,19H2,1H3,(H,29,37)(H,30,31,32,33). The summed E-state index contributed by atoms with van der Waals surface area (Å²) in [6.07, 6.45) is 11.9. The Balaban J connectivity index is 1.12. The van der Waals surface area contributed by atoms with E-state index in [1.807, 2.05) is 22.9 Å². The van der Waals surface area contributed by atoms with Gasteiger partial charge in [0.2, 0.25) is 5.95 Å². The maximum Gasteiger partial charge on any atom is 0.267 e. The van der Waals surface area contributed by atoms with Crippen molar-refractivity contribution in [2.24, 2.45) is 5.92 Å². The number of fused-ring (bicyclic) bond motifs is 3. The number of carbonyl (C=O) groups excluding carboxylic acids is 1. The lowest BCUT2D eigenvalue weighted by Gasteiger charge is -2.37. The Labute approximate surface area is 218 Å². The minimum atomic E-state index is -0.0364. The number of hydrogen-bond acceptors (Lipinski definition) is 7. The van der Waals surface area contributed by atoms with Crippen molar-refractivity contribution in [1.29, 1.82) is 0 Å². The Hall–Kier alpha value is -3.20. The van der Waals surface area contributed by atoms with Gasteiger partial charge in [0, 0.05) is 50.3 Å². The molecule has 1 amide bonds. The molecule has 9 nitrogen and oxygen atoms in total. The number of nitrogens with zero attached hydrogens (tertiary/aromatic N) is 6. The Morgan fingerprint density at radius 2 is 1.84 bits per heavy atom. The summed E-state index contributed by atoms with van der Waals surface area (Å²) < 4.78 is 2.03. The van der Waals surface area contributed by atoms with Gasteiger partial charge in [-0.05, 0) is 62.8 Å². The highest BCUT2D eigenvalue weighted by Crippen LogP contribution is 2.27. The van der Waals surface area contributed by atoms with E-state index in [-0.39, 0.29) is 5.91 Å². The molecule has 3 aliphatic rings. The second-order valence-corrected chi connectivity index (χ2v) is 11.0. The summed E-state index contributed by atoms with van der Waals surface area (Å²) in [5.74, 6) is 2.02. The third-order valence-electron chi connectivity index (χ3n) is 8.25. The van der Waals surface area contributed by atoms with Crippen LogP contribution in [0.25, 0.3) is 11.0 Å². The van der Waals surface area contributed by atoms with Gasteiger partial charge in [0.15, 0.2) is 0 Å². The van der Waals surface area contributed by atoms with Crippen molar-refractivity contribution in [2.75, 3.05) is 42.9 Å². The number of nitrogens with one attached hydrogen (secondary N) is 2. The summed E-state index contributed by atoms with van der Waals surface area (Å²) in [5.41, 5.74) is 2.62. The number of amides is 1. The monoisotopic (exact) mass is 502 g/mol. The Morgan fingerprint density at radius 3 is 2.62 bits per heavy atom. The highest BCUT2D eigenvalue weighted by atomic mass is 16.1. The van der Waals surface area contributed by atoms with Crippen LogP contribution >= 0.6 is 0 Å². The van der Waals surface area contributed by atoms with Gasteiger partial charge in [-0.2, -0.15) is 4.98 Å². The second kappa shape index (κ2) is 10.7. The molecule has 2 fully saturated rings. The zero-order chi connectivity index (χ0) is 25.2. The predicted octanol–water partition coefficient (Wildman–Crippen LogP) is 4.18. The predicted molar refractivity (Wildman–Crippen MR) is 146 cm³/mol. The number of aromatic nitrogens is 4. The van der Waals surface area contributed by atoms with Crippen LogP contribution in [0.15, 0.2) is 30.6 Å². The Kier molecular flexibility index (Phi) is 6.95. The summed E-state index contributed by atoms with van der Waals surface area (Å²) in [6, 6.07) is 6.77. The van der Waals surface area contributed by atoms with Crippen LogP contribution in [0.4, 0.5) is 17.5 Å². The molecule has 0 radical (unpaired) electrons. The molecule has 2 saturated heterocycles. The van der Waals surface area contributed by atoms with Crippen molar-refractivity contribution in [3.63, 3.8) is 0 Å². The fraction of sp³-hybridized carbons (Fsp3) is 0.571. The normalized spacial score (nSPS) is 22.1. The minimum absolute atomic E-state index is 0.0364. The second-order valence-electron chi connectivity index (χ2n) is 11.0. The van der Waals surface area contributed by atoms with Crippen LogP contribution in [0.1, 0.15) is 62.4 Å². The van der Waals surface area contributed by atoms with E-state index in [1.54, 1.807) is 6.20 Å². The molecular weight excluding hydrogens is 464 g/mol. The smallest absolute Gasteiger partial charge is 0.267 e. The number of anilines is 3. The molecule has 2 N–H and O–H groups in total. The van der Waals surface area contributed by atoms with Crippen molar-refractivity contribution in [3.8, 4) is 0 Å². The molecule has 3 aromatic rings. The van der Waals surface area contributed by atoms with E-state index in [0.29, 0.717) is 11.6 Å². The summed E-state index contributed by atoms with van der Waals surface area (Å²) in [6.45, 7) is 8.56. The fourth-order valence-corrected chi connectivity index (χ4v) is 6.11. The van der Waals surface area contributed by atoms with Gasteiger partial charge in [0.1, 0.15) is 17.2 Å². The molecule has 196 valence electrons. The first kappa shape index (κ1) is 24.2. The van der Waals surface area contributed by atoms with Gasteiger partial charge in [-0.15, -0.1) is 0 Å². The quantitative estimate of drug-likeness (QED) is 0.553. The molecule has 0 spiro atoms. The molecule has 9 heteroatoms. The van der Waals surface area contributed by atoms with Crippen molar-refractivity contribution in [3.05, 3.63) is 36.3 Å². The van der Waals surface area contributed by atoms with Crippen LogP contribution in [0.2, 0.25) is 0 Å². The molecule has 0 aliphatic carbocycles. The van der Waals surface area contributed by atoms with E-state index in [9.17, 15) is 4.79 Å². The van der Waals surface area contributed by atoms with Gasteiger partial charge < -0.3 is 20.1 Å². The number of rotatable bonds is 4. The van der Waals surface area contributed by atoms with Crippen molar-refractivity contribution >= 4 is 34.4 Å². The number of pyridine rings is 1. The van der Waals surface area contributed by atoms with E-state index < -0.39 is 0 Å². The average Bonchev–Trinajstić information content (AvgIpc) is 3.52. The molecule has 3 aliphatic heterocycles. The molecule has 37 heavy (non-hydrogen) atoms. The number of hydrogen-bond donors (Lipinski definition) is 2. The number of piperidine rings is 1. The van der Waals surface area contributed by atoms with Crippen molar-refractivity contribution < 1.29 is 4.79 Å². The van der Waals surface area contributed by atoms with Gasteiger partial charge in [-0.1, -0.05) is 19.8 Å². The average molecular weight is 503 g/mol. The lowest BCUT2D eigenvalue weighted by molar-refractivity contribution is 0.0942. The lowest BCUT2D eigenvalue weighted by Crippen LogP contribution is -2.44. The van der Waals surface area contributed by atoms with Gasteiger partial charge in [-0.3, -0.25) is 9.69 Å². The molecular formula is C28H38N8O. The van der Waals surface area contributed by atoms with E-state index in [4.69, 9.17) is 4.98 Å². The molecule has 3 aromatic heterocycles. The highest BCUT2D eigenvalue weighted by Gasteiger charge is 2.29. The molecule has 6 heterocycles.